The lowest BCUT2D eigenvalue weighted by molar-refractivity contribution is 0.00817. The SMILES string of the molecule is CC.Cn1c(-c2ccccc2)nc2c(CNc3ccccc3C(=O)O)cc(F)cc2c1=O.FC(F)F. The number of hydrogen-bond donors (Lipinski definition) is 2. The molecule has 0 aliphatic rings. The molecule has 36 heavy (non-hydrogen) atoms. The molecule has 1 aromatic heterocycles. The van der Waals surface area contributed by atoms with Crippen LogP contribution >= 0.6 is 0 Å². The van der Waals surface area contributed by atoms with Gasteiger partial charge in [0.2, 0.25) is 0 Å². The fourth-order valence-corrected chi connectivity index (χ4v) is 3.40. The Morgan fingerprint density at radius 1 is 1.03 bits per heavy atom. The van der Waals surface area contributed by atoms with Gasteiger partial charge in [-0.1, -0.05) is 56.3 Å². The lowest BCUT2D eigenvalue weighted by Crippen LogP contribution is -2.21. The van der Waals surface area contributed by atoms with Crippen molar-refractivity contribution in [1.82, 2.24) is 9.55 Å². The average molecular weight is 503 g/mol. The normalized spacial score (nSPS) is 10.2. The second-order valence-electron chi connectivity index (χ2n) is 7.08. The molecule has 0 bridgehead atoms. The van der Waals surface area contributed by atoms with Gasteiger partial charge in [-0.25, -0.2) is 14.2 Å². The molecule has 4 rings (SSSR count). The molecule has 0 saturated heterocycles. The zero-order valence-corrected chi connectivity index (χ0v) is 19.8. The molecule has 0 saturated carbocycles. The Hall–Kier alpha value is -4.21. The lowest BCUT2D eigenvalue weighted by Gasteiger charge is -2.14. The molecule has 4 aromatic rings. The van der Waals surface area contributed by atoms with E-state index in [1.807, 2.05) is 44.2 Å². The van der Waals surface area contributed by atoms with Gasteiger partial charge in [-0.3, -0.25) is 9.36 Å². The Kier molecular flexibility index (Phi) is 10.1. The van der Waals surface area contributed by atoms with Crippen LogP contribution in [0.15, 0.2) is 71.5 Å². The van der Waals surface area contributed by atoms with Crippen LogP contribution in [0.3, 0.4) is 0 Å². The van der Waals surface area contributed by atoms with Crippen molar-refractivity contribution in [2.75, 3.05) is 5.32 Å². The molecule has 0 unspecified atom stereocenters. The molecule has 1 heterocycles. The van der Waals surface area contributed by atoms with Gasteiger partial charge >= 0.3 is 12.6 Å². The van der Waals surface area contributed by atoms with Crippen molar-refractivity contribution in [3.05, 3.63) is 94.0 Å². The largest absolute Gasteiger partial charge is 0.478 e. The topological polar surface area (TPSA) is 84.2 Å². The number of anilines is 1. The molecule has 6 nitrogen and oxygen atoms in total. The third-order valence-electron chi connectivity index (χ3n) is 4.88. The van der Waals surface area contributed by atoms with E-state index in [1.54, 1.807) is 25.2 Å². The third kappa shape index (κ3) is 6.91. The smallest absolute Gasteiger partial charge is 0.379 e. The van der Waals surface area contributed by atoms with E-state index < -0.39 is 18.5 Å². The molecular formula is C26H25F4N3O3. The Morgan fingerprint density at radius 3 is 2.22 bits per heavy atom. The van der Waals surface area contributed by atoms with E-state index >= 15 is 0 Å². The molecule has 0 radical (unpaired) electrons. The lowest BCUT2D eigenvalue weighted by atomic mass is 10.1. The van der Waals surface area contributed by atoms with Gasteiger partial charge in [0.1, 0.15) is 11.6 Å². The minimum Gasteiger partial charge on any atom is -0.478 e. The molecule has 0 aliphatic carbocycles. The first-order valence-electron chi connectivity index (χ1n) is 10.9. The van der Waals surface area contributed by atoms with E-state index in [1.165, 1.54) is 22.8 Å². The first-order valence-corrected chi connectivity index (χ1v) is 10.9. The number of carbonyl (C=O) groups is 1. The van der Waals surface area contributed by atoms with Crippen molar-refractivity contribution in [2.45, 2.75) is 27.1 Å². The van der Waals surface area contributed by atoms with E-state index in [9.17, 15) is 32.3 Å². The second kappa shape index (κ2) is 13.0. The maximum Gasteiger partial charge on any atom is 0.379 e. The van der Waals surface area contributed by atoms with Crippen LogP contribution in [0.2, 0.25) is 0 Å². The highest BCUT2D eigenvalue weighted by molar-refractivity contribution is 5.94. The monoisotopic (exact) mass is 503 g/mol. The molecule has 2 N–H and O–H groups in total. The number of halogens is 4. The zero-order valence-electron chi connectivity index (χ0n) is 19.8. The Labute approximate surface area is 204 Å². The number of nitrogens with one attached hydrogen (secondary N) is 1. The number of aromatic carboxylic acids is 1. The molecular weight excluding hydrogens is 478 g/mol. The zero-order chi connectivity index (χ0) is 26.8. The van der Waals surface area contributed by atoms with Crippen molar-refractivity contribution >= 4 is 22.6 Å². The quantitative estimate of drug-likeness (QED) is 0.314. The molecule has 3 aromatic carbocycles. The summed E-state index contributed by atoms with van der Waals surface area (Å²) in [5.41, 5.74) is 1.74. The molecule has 0 amide bonds. The maximum absolute atomic E-state index is 14.3. The van der Waals surface area contributed by atoms with Crippen molar-refractivity contribution < 1.29 is 27.5 Å². The van der Waals surface area contributed by atoms with E-state index in [-0.39, 0.29) is 23.1 Å². The predicted octanol–water partition coefficient (Wildman–Crippen LogP) is 6.25. The summed E-state index contributed by atoms with van der Waals surface area (Å²) in [5.74, 6) is -1.16. The van der Waals surface area contributed by atoms with Gasteiger partial charge in [0.25, 0.3) is 5.56 Å². The fourth-order valence-electron chi connectivity index (χ4n) is 3.40. The van der Waals surface area contributed by atoms with Crippen molar-refractivity contribution in [2.24, 2.45) is 7.05 Å². The summed E-state index contributed by atoms with van der Waals surface area (Å²) in [5, 5.41) is 12.5. The number of para-hydroxylation sites is 1. The molecule has 0 atom stereocenters. The van der Waals surface area contributed by atoms with Crippen LogP contribution < -0.4 is 10.9 Å². The predicted molar refractivity (Wildman–Crippen MR) is 132 cm³/mol. The van der Waals surface area contributed by atoms with Crippen LogP contribution in [0.1, 0.15) is 29.8 Å². The summed E-state index contributed by atoms with van der Waals surface area (Å²) in [6, 6.07) is 18.2. The first kappa shape index (κ1) is 28.0. The van der Waals surface area contributed by atoms with Gasteiger partial charge in [0.15, 0.2) is 0 Å². The van der Waals surface area contributed by atoms with Crippen molar-refractivity contribution in [3.63, 3.8) is 0 Å². The number of nitrogens with zero attached hydrogens (tertiary/aromatic N) is 2. The highest BCUT2D eigenvalue weighted by atomic mass is 19.4. The average Bonchev–Trinajstić information content (AvgIpc) is 2.86. The van der Waals surface area contributed by atoms with E-state index in [4.69, 9.17) is 0 Å². The molecule has 0 fully saturated rings. The van der Waals surface area contributed by atoms with E-state index in [0.29, 0.717) is 22.6 Å². The first-order chi connectivity index (χ1) is 17.2. The summed E-state index contributed by atoms with van der Waals surface area (Å²) in [6.45, 7) is 0.437. The molecule has 0 spiro atoms. The summed E-state index contributed by atoms with van der Waals surface area (Å²) in [7, 11) is 1.60. The summed E-state index contributed by atoms with van der Waals surface area (Å²) in [4.78, 5) is 29.0. The number of aromatic nitrogens is 2. The van der Waals surface area contributed by atoms with Crippen LogP contribution in [0.4, 0.5) is 23.2 Å². The van der Waals surface area contributed by atoms with E-state index in [2.05, 4.69) is 10.3 Å². The van der Waals surface area contributed by atoms with Gasteiger partial charge in [-0.05, 0) is 24.3 Å². The van der Waals surface area contributed by atoms with Crippen LogP contribution in [0.5, 0.6) is 0 Å². The summed E-state index contributed by atoms with van der Waals surface area (Å²) >= 11 is 0. The van der Waals surface area contributed by atoms with Crippen molar-refractivity contribution in [1.29, 1.82) is 0 Å². The number of hydrogen-bond acceptors (Lipinski definition) is 4. The highest BCUT2D eigenvalue weighted by Gasteiger charge is 2.15. The van der Waals surface area contributed by atoms with Crippen LogP contribution in [-0.2, 0) is 13.6 Å². The molecule has 0 aliphatic heterocycles. The number of fused-ring (bicyclic) bond motifs is 1. The molecule has 10 heteroatoms. The number of benzene rings is 3. The maximum atomic E-state index is 14.3. The van der Waals surface area contributed by atoms with Crippen LogP contribution in [0, 0.1) is 5.82 Å². The van der Waals surface area contributed by atoms with Gasteiger partial charge in [0.05, 0.1) is 16.5 Å². The third-order valence-corrected chi connectivity index (χ3v) is 4.88. The van der Waals surface area contributed by atoms with Crippen LogP contribution in [-0.4, -0.2) is 27.3 Å². The van der Waals surface area contributed by atoms with Gasteiger partial charge in [-0.15, -0.1) is 0 Å². The van der Waals surface area contributed by atoms with Gasteiger partial charge in [0, 0.05) is 30.4 Å². The Balaban J connectivity index is 0.000000694. The Morgan fingerprint density at radius 2 is 1.61 bits per heavy atom. The van der Waals surface area contributed by atoms with Crippen LogP contribution in [0.25, 0.3) is 22.3 Å². The second-order valence-corrected chi connectivity index (χ2v) is 7.08. The van der Waals surface area contributed by atoms with Crippen molar-refractivity contribution in [3.8, 4) is 11.4 Å². The van der Waals surface area contributed by atoms with Gasteiger partial charge < -0.3 is 10.4 Å². The standard InChI is InChI=1S/C23H18FN3O3.C2H6.CHF3/c1-27-21(14-7-3-2-4-8-14)26-20-15(11-16(24)12-18(20)22(27)28)13-25-19-10-6-5-9-17(19)23(29)30;1-2;2-1(3)4/h2-12,25H,13H2,1H3,(H,29,30);1-2H3;1H. The fraction of sp³-hybridized carbons (Fsp3) is 0.192. The number of carboxylic acids is 1. The number of alkyl halides is 3. The van der Waals surface area contributed by atoms with Gasteiger partial charge in [-0.2, -0.15) is 13.2 Å². The minimum atomic E-state index is -3.67. The highest BCUT2D eigenvalue weighted by Crippen LogP contribution is 2.23. The molecule has 190 valence electrons. The minimum absolute atomic E-state index is 0.104. The number of carboxylic acid groups (broad SMARTS) is 1. The number of rotatable bonds is 5. The summed E-state index contributed by atoms with van der Waals surface area (Å²) < 4.78 is 44.7. The summed E-state index contributed by atoms with van der Waals surface area (Å²) in [6.07, 6.45) is 0. The Bertz CT molecular complexity index is 1370. The van der Waals surface area contributed by atoms with E-state index in [0.717, 1.165) is 5.56 Å².